The first-order chi connectivity index (χ1) is 6.83. The molecule has 0 aromatic rings. The molecule has 0 radical (unpaired) electrons. The number of rotatable bonds is 0. The lowest BCUT2D eigenvalue weighted by molar-refractivity contribution is 0.134. The van der Waals surface area contributed by atoms with Gasteiger partial charge in [0, 0.05) is 11.1 Å². The third-order valence-corrected chi connectivity index (χ3v) is 4.96. The second-order valence-electron chi connectivity index (χ2n) is 5.95. The van der Waals surface area contributed by atoms with Crippen molar-refractivity contribution in [2.45, 2.75) is 81.7 Å². The van der Waals surface area contributed by atoms with Crippen LogP contribution in [0.1, 0.15) is 70.6 Å². The Morgan fingerprint density at radius 1 is 0.500 bits per heavy atom. The van der Waals surface area contributed by atoms with Gasteiger partial charge in [-0.15, -0.1) is 0 Å². The molecule has 0 aromatic carbocycles. The summed E-state index contributed by atoms with van der Waals surface area (Å²) >= 11 is 0. The Bertz CT molecular complexity index is 187. The molecule has 0 aromatic heterocycles. The maximum atomic E-state index is 4.10. The van der Waals surface area contributed by atoms with Crippen molar-refractivity contribution < 1.29 is 0 Å². The van der Waals surface area contributed by atoms with Gasteiger partial charge < -0.3 is 5.32 Å². The molecule has 2 saturated carbocycles. The van der Waals surface area contributed by atoms with Crippen molar-refractivity contribution in [2.75, 3.05) is 0 Å². The SMILES string of the molecule is C1CCC2(C1)CCCC1(CCCC1)N2. The highest BCUT2D eigenvalue weighted by Gasteiger charge is 2.45. The first kappa shape index (κ1) is 9.21. The normalized spacial score (nSPS) is 34.3. The fraction of sp³-hybridized carbons (Fsp3) is 1.00. The van der Waals surface area contributed by atoms with Crippen LogP contribution in [0, 0.1) is 0 Å². The van der Waals surface area contributed by atoms with Crippen LogP contribution in [0.15, 0.2) is 0 Å². The highest BCUT2D eigenvalue weighted by molar-refractivity contribution is 5.06. The Balaban J connectivity index is 1.77. The van der Waals surface area contributed by atoms with Crippen molar-refractivity contribution in [3.05, 3.63) is 0 Å². The van der Waals surface area contributed by atoms with Gasteiger partial charge in [0.1, 0.15) is 0 Å². The zero-order valence-electron chi connectivity index (χ0n) is 9.28. The third-order valence-electron chi connectivity index (χ3n) is 4.96. The zero-order chi connectivity index (χ0) is 9.49. The van der Waals surface area contributed by atoms with E-state index in [1.165, 1.54) is 70.6 Å². The third kappa shape index (κ3) is 1.41. The van der Waals surface area contributed by atoms with E-state index in [0.717, 1.165) is 0 Å². The van der Waals surface area contributed by atoms with Crippen LogP contribution in [0.25, 0.3) is 0 Å². The molecule has 0 bridgehead atoms. The lowest BCUT2D eigenvalue weighted by Crippen LogP contribution is -2.58. The summed E-state index contributed by atoms with van der Waals surface area (Å²) in [6.45, 7) is 0. The standard InChI is InChI=1S/C13H23N/c1-2-7-12(6-1)10-5-11-13(14-12)8-3-4-9-13/h14H,1-11H2. The van der Waals surface area contributed by atoms with Gasteiger partial charge >= 0.3 is 0 Å². The van der Waals surface area contributed by atoms with Gasteiger partial charge in [0.15, 0.2) is 0 Å². The number of hydrogen-bond acceptors (Lipinski definition) is 1. The molecule has 0 unspecified atom stereocenters. The summed E-state index contributed by atoms with van der Waals surface area (Å²) < 4.78 is 0. The maximum absolute atomic E-state index is 4.10. The molecule has 80 valence electrons. The van der Waals surface area contributed by atoms with Crippen LogP contribution in [0.5, 0.6) is 0 Å². The molecule has 2 aliphatic carbocycles. The van der Waals surface area contributed by atoms with Crippen LogP contribution in [-0.2, 0) is 0 Å². The van der Waals surface area contributed by atoms with Gasteiger partial charge in [0.25, 0.3) is 0 Å². The Morgan fingerprint density at radius 3 is 1.29 bits per heavy atom. The molecule has 3 rings (SSSR count). The topological polar surface area (TPSA) is 12.0 Å². The summed E-state index contributed by atoms with van der Waals surface area (Å²) in [5, 5.41) is 4.10. The van der Waals surface area contributed by atoms with Gasteiger partial charge in [-0.25, -0.2) is 0 Å². The maximum Gasteiger partial charge on any atom is 0.0186 e. The molecule has 1 aliphatic heterocycles. The number of hydrogen-bond donors (Lipinski definition) is 1. The van der Waals surface area contributed by atoms with Crippen LogP contribution in [-0.4, -0.2) is 11.1 Å². The van der Waals surface area contributed by atoms with E-state index in [1.54, 1.807) is 0 Å². The van der Waals surface area contributed by atoms with Gasteiger partial charge in [0.05, 0.1) is 0 Å². The summed E-state index contributed by atoms with van der Waals surface area (Å²) in [4.78, 5) is 0. The van der Waals surface area contributed by atoms with Crippen molar-refractivity contribution in [3.8, 4) is 0 Å². The van der Waals surface area contributed by atoms with Crippen LogP contribution in [0.2, 0.25) is 0 Å². The summed E-state index contributed by atoms with van der Waals surface area (Å²) in [7, 11) is 0. The van der Waals surface area contributed by atoms with Crippen LogP contribution in [0.4, 0.5) is 0 Å². The van der Waals surface area contributed by atoms with Crippen LogP contribution in [0.3, 0.4) is 0 Å². The average Bonchev–Trinajstić information content (AvgIpc) is 2.77. The van der Waals surface area contributed by atoms with Crippen molar-refractivity contribution >= 4 is 0 Å². The molecular formula is C13H23N. The second kappa shape index (κ2) is 3.23. The van der Waals surface area contributed by atoms with E-state index in [4.69, 9.17) is 0 Å². The highest BCUT2D eigenvalue weighted by Crippen LogP contribution is 2.45. The Labute approximate surface area is 87.7 Å². The molecule has 3 aliphatic rings. The molecule has 1 heteroatoms. The zero-order valence-corrected chi connectivity index (χ0v) is 9.28. The molecule has 1 nitrogen and oxygen atoms in total. The molecule has 0 amide bonds. The predicted molar refractivity (Wildman–Crippen MR) is 59.4 cm³/mol. The van der Waals surface area contributed by atoms with Gasteiger partial charge in [-0.2, -0.15) is 0 Å². The van der Waals surface area contributed by atoms with Crippen molar-refractivity contribution in [1.29, 1.82) is 0 Å². The molecule has 1 saturated heterocycles. The van der Waals surface area contributed by atoms with Crippen molar-refractivity contribution in [2.24, 2.45) is 0 Å². The highest BCUT2D eigenvalue weighted by atomic mass is 15.1. The Kier molecular flexibility index (Phi) is 2.12. The van der Waals surface area contributed by atoms with E-state index in [2.05, 4.69) is 5.32 Å². The Morgan fingerprint density at radius 2 is 0.857 bits per heavy atom. The average molecular weight is 193 g/mol. The van der Waals surface area contributed by atoms with Crippen molar-refractivity contribution in [1.82, 2.24) is 5.32 Å². The summed E-state index contributed by atoms with van der Waals surface area (Å²) in [6, 6.07) is 0. The summed E-state index contributed by atoms with van der Waals surface area (Å²) in [6.07, 6.45) is 16.2. The lowest BCUT2D eigenvalue weighted by atomic mass is 9.77. The van der Waals surface area contributed by atoms with E-state index >= 15 is 0 Å². The van der Waals surface area contributed by atoms with Gasteiger partial charge in [-0.3, -0.25) is 0 Å². The van der Waals surface area contributed by atoms with E-state index in [-0.39, 0.29) is 0 Å². The number of piperidine rings is 1. The smallest absolute Gasteiger partial charge is 0.0186 e. The lowest BCUT2D eigenvalue weighted by Gasteiger charge is -2.46. The van der Waals surface area contributed by atoms with Crippen LogP contribution >= 0.6 is 0 Å². The van der Waals surface area contributed by atoms with Gasteiger partial charge in [-0.05, 0) is 44.9 Å². The minimum absolute atomic E-state index is 0.600. The van der Waals surface area contributed by atoms with E-state index in [9.17, 15) is 0 Å². The fourth-order valence-electron chi connectivity index (χ4n) is 4.31. The molecule has 0 atom stereocenters. The predicted octanol–water partition coefficient (Wildman–Crippen LogP) is 3.39. The first-order valence-electron chi connectivity index (χ1n) is 6.62. The van der Waals surface area contributed by atoms with E-state index in [0.29, 0.717) is 11.1 Å². The number of nitrogens with one attached hydrogen (secondary N) is 1. The molecule has 2 spiro atoms. The van der Waals surface area contributed by atoms with Gasteiger partial charge in [0.2, 0.25) is 0 Å². The van der Waals surface area contributed by atoms with Crippen LogP contribution < -0.4 is 5.32 Å². The second-order valence-corrected chi connectivity index (χ2v) is 5.95. The summed E-state index contributed by atoms with van der Waals surface area (Å²) in [5.74, 6) is 0. The Hall–Kier alpha value is -0.0400. The quantitative estimate of drug-likeness (QED) is 0.622. The molecule has 14 heavy (non-hydrogen) atoms. The molecule has 3 fully saturated rings. The van der Waals surface area contributed by atoms with E-state index in [1.807, 2.05) is 0 Å². The minimum Gasteiger partial charge on any atom is -0.306 e. The summed E-state index contributed by atoms with van der Waals surface area (Å²) in [5.41, 5.74) is 1.20. The van der Waals surface area contributed by atoms with Gasteiger partial charge in [-0.1, -0.05) is 25.7 Å². The van der Waals surface area contributed by atoms with Crippen molar-refractivity contribution in [3.63, 3.8) is 0 Å². The molecular weight excluding hydrogens is 170 g/mol. The van der Waals surface area contributed by atoms with E-state index < -0.39 is 0 Å². The minimum atomic E-state index is 0.600. The first-order valence-corrected chi connectivity index (χ1v) is 6.62. The fourth-order valence-corrected chi connectivity index (χ4v) is 4.31. The largest absolute Gasteiger partial charge is 0.306 e. The molecule has 1 N–H and O–H groups in total. The monoisotopic (exact) mass is 193 g/mol. The molecule has 1 heterocycles.